The third-order valence-electron chi connectivity index (χ3n) is 3.93. The first-order valence-corrected chi connectivity index (χ1v) is 7.40. The van der Waals surface area contributed by atoms with Gasteiger partial charge in [-0.25, -0.2) is 0 Å². The number of carbonyl (C=O) groups is 1. The van der Waals surface area contributed by atoms with Crippen LogP contribution in [0.2, 0.25) is 0 Å². The normalized spacial score (nSPS) is 27.1. The molecule has 0 spiro atoms. The minimum Gasteiger partial charge on any atom is -0.380 e. The Balaban J connectivity index is 1.95. The number of benzene rings is 1. The Kier molecular flexibility index (Phi) is 3.29. The number of anilines is 2. The second kappa shape index (κ2) is 4.92. The van der Waals surface area contributed by atoms with Crippen LogP contribution in [0.1, 0.15) is 32.1 Å². The SMILES string of the molecule is O=C1Nc2cc(Br)ccc2NC2CCCCCC12. The first kappa shape index (κ1) is 12.0. The van der Waals surface area contributed by atoms with E-state index in [0.29, 0.717) is 0 Å². The fraction of sp³-hybridized carbons (Fsp3) is 0.500. The minimum absolute atomic E-state index is 0.110. The van der Waals surface area contributed by atoms with Crippen LogP contribution in [0.5, 0.6) is 0 Å². The molecule has 4 heteroatoms. The van der Waals surface area contributed by atoms with Gasteiger partial charge >= 0.3 is 0 Å². The Morgan fingerprint density at radius 2 is 1.94 bits per heavy atom. The number of rotatable bonds is 0. The second-order valence-corrected chi connectivity index (χ2v) is 6.09. The lowest BCUT2D eigenvalue weighted by atomic mass is 9.94. The van der Waals surface area contributed by atoms with Crippen LogP contribution in [0.25, 0.3) is 0 Å². The molecule has 18 heavy (non-hydrogen) atoms. The number of amides is 1. The van der Waals surface area contributed by atoms with E-state index < -0.39 is 0 Å². The highest BCUT2D eigenvalue weighted by Gasteiger charge is 2.32. The van der Waals surface area contributed by atoms with E-state index in [4.69, 9.17) is 0 Å². The molecule has 0 aromatic heterocycles. The fourth-order valence-electron chi connectivity index (χ4n) is 2.97. The van der Waals surface area contributed by atoms with Gasteiger partial charge in [0, 0.05) is 10.5 Å². The number of carbonyl (C=O) groups excluding carboxylic acids is 1. The van der Waals surface area contributed by atoms with Crippen LogP contribution in [0.3, 0.4) is 0 Å². The molecule has 0 bridgehead atoms. The third kappa shape index (κ3) is 2.26. The van der Waals surface area contributed by atoms with Crippen molar-refractivity contribution in [2.75, 3.05) is 10.6 Å². The van der Waals surface area contributed by atoms with Crippen molar-refractivity contribution in [2.45, 2.75) is 38.1 Å². The second-order valence-electron chi connectivity index (χ2n) is 5.17. The molecule has 3 rings (SSSR count). The maximum atomic E-state index is 12.3. The Morgan fingerprint density at radius 3 is 2.83 bits per heavy atom. The van der Waals surface area contributed by atoms with Crippen molar-refractivity contribution in [3.8, 4) is 0 Å². The van der Waals surface area contributed by atoms with Crippen LogP contribution in [0.15, 0.2) is 22.7 Å². The average Bonchev–Trinajstić information content (AvgIpc) is 2.63. The summed E-state index contributed by atoms with van der Waals surface area (Å²) in [7, 11) is 0. The van der Waals surface area contributed by atoms with Crippen molar-refractivity contribution >= 4 is 33.2 Å². The lowest BCUT2D eigenvalue weighted by Crippen LogP contribution is -2.34. The molecule has 2 atom stereocenters. The van der Waals surface area contributed by atoms with Gasteiger partial charge in [-0.1, -0.05) is 35.2 Å². The summed E-state index contributed by atoms with van der Waals surface area (Å²) in [6, 6.07) is 6.29. The van der Waals surface area contributed by atoms with Gasteiger partial charge in [0.15, 0.2) is 0 Å². The summed E-state index contributed by atoms with van der Waals surface area (Å²) in [6.45, 7) is 0. The molecule has 1 aliphatic carbocycles. The first-order chi connectivity index (χ1) is 8.74. The van der Waals surface area contributed by atoms with E-state index in [2.05, 4.69) is 26.6 Å². The predicted molar refractivity (Wildman–Crippen MR) is 76.8 cm³/mol. The summed E-state index contributed by atoms with van der Waals surface area (Å²) in [5.41, 5.74) is 1.93. The molecule has 1 fully saturated rings. The number of nitrogens with one attached hydrogen (secondary N) is 2. The fourth-order valence-corrected chi connectivity index (χ4v) is 3.33. The van der Waals surface area contributed by atoms with Crippen LogP contribution < -0.4 is 10.6 Å². The van der Waals surface area contributed by atoms with Crippen molar-refractivity contribution in [3.05, 3.63) is 22.7 Å². The number of halogens is 1. The van der Waals surface area contributed by atoms with Crippen molar-refractivity contribution in [1.29, 1.82) is 0 Å². The maximum absolute atomic E-state index is 12.3. The van der Waals surface area contributed by atoms with E-state index in [-0.39, 0.29) is 17.9 Å². The standard InChI is InChI=1S/C14H17BrN2O/c15-9-6-7-12-13(8-9)17-14(18)10-4-2-1-3-5-11(10)16-12/h6-8,10-11,16H,1-5H2,(H,17,18). The van der Waals surface area contributed by atoms with E-state index in [0.717, 1.165) is 35.1 Å². The molecule has 2 N–H and O–H groups in total. The molecule has 3 nitrogen and oxygen atoms in total. The lowest BCUT2D eigenvalue weighted by molar-refractivity contribution is -0.120. The molecule has 1 heterocycles. The van der Waals surface area contributed by atoms with Crippen LogP contribution in [-0.2, 0) is 4.79 Å². The Bertz CT molecular complexity index is 475. The lowest BCUT2D eigenvalue weighted by Gasteiger charge is -2.22. The largest absolute Gasteiger partial charge is 0.380 e. The zero-order chi connectivity index (χ0) is 12.5. The highest BCUT2D eigenvalue weighted by Crippen LogP contribution is 2.35. The van der Waals surface area contributed by atoms with Gasteiger partial charge in [0.05, 0.1) is 17.3 Å². The quantitative estimate of drug-likeness (QED) is 0.766. The molecule has 1 aliphatic heterocycles. The highest BCUT2D eigenvalue weighted by atomic mass is 79.9. The monoisotopic (exact) mass is 308 g/mol. The van der Waals surface area contributed by atoms with E-state index in [1.165, 1.54) is 12.8 Å². The van der Waals surface area contributed by atoms with Crippen LogP contribution >= 0.6 is 15.9 Å². The summed E-state index contributed by atoms with van der Waals surface area (Å²) in [5, 5.41) is 6.61. The zero-order valence-corrected chi connectivity index (χ0v) is 11.8. The predicted octanol–water partition coefficient (Wildman–Crippen LogP) is 3.76. The van der Waals surface area contributed by atoms with E-state index in [9.17, 15) is 4.79 Å². The molecule has 1 saturated carbocycles. The first-order valence-electron chi connectivity index (χ1n) is 6.61. The van der Waals surface area contributed by atoms with Gasteiger partial charge in [-0.05, 0) is 31.0 Å². The topological polar surface area (TPSA) is 41.1 Å². The smallest absolute Gasteiger partial charge is 0.229 e. The van der Waals surface area contributed by atoms with Crippen molar-refractivity contribution in [3.63, 3.8) is 0 Å². The molecule has 1 aromatic rings. The maximum Gasteiger partial charge on any atom is 0.229 e. The number of hydrogen-bond acceptors (Lipinski definition) is 2. The Morgan fingerprint density at radius 1 is 1.11 bits per heavy atom. The van der Waals surface area contributed by atoms with Gasteiger partial charge in [-0.3, -0.25) is 4.79 Å². The Labute approximate surface area is 115 Å². The summed E-state index contributed by atoms with van der Waals surface area (Å²) in [5.74, 6) is 0.282. The van der Waals surface area contributed by atoms with E-state index in [1.54, 1.807) is 0 Å². The van der Waals surface area contributed by atoms with Gasteiger partial charge in [-0.15, -0.1) is 0 Å². The molecule has 2 unspecified atom stereocenters. The molecule has 96 valence electrons. The van der Waals surface area contributed by atoms with Crippen molar-refractivity contribution in [1.82, 2.24) is 0 Å². The van der Waals surface area contributed by atoms with E-state index >= 15 is 0 Å². The molecular weight excluding hydrogens is 292 g/mol. The molecular formula is C14H17BrN2O. The summed E-state index contributed by atoms with van der Waals surface area (Å²) in [6.07, 6.45) is 5.71. The molecule has 2 aliphatic rings. The third-order valence-corrected chi connectivity index (χ3v) is 4.43. The highest BCUT2D eigenvalue weighted by molar-refractivity contribution is 9.10. The van der Waals surface area contributed by atoms with Gasteiger partial charge in [-0.2, -0.15) is 0 Å². The molecule has 0 radical (unpaired) electrons. The summed E-state index contributed by atoms with van der Waals surface area (Å²) >= 11 is 3.45. The number of hydrogen-bond donors (Lipinski definition) is 2. The summed E-state index contributed by atoms with van der Waals surface area (Å²) in [4.78, 5) is 12.3. The van der Waals surface area contributed by atoms with Gasteiger partial charge in [0.25, 0.3) is 0 Å². The zero-order valence-electron chi connectivity index (χ0n) is 10.2. The van der Waals surface area contributed by atoms with Crippen molar-refractivity contribution < 1.29 is 4.79 Å². The van der Waals surface area contributed by atoms with Crippen LogP contribution in [0.4, 0.5) is 11.4 Å². The summed E-state index contributed by atoms with van der Waals surface area (Å²) < 4.78 is 0.991. The van der Waals surface area contributed by atoms with Crippen molar-refractivity contribution in [2.24, 2.45) is 5.92 Å². The molecule has 0 saturated heterocycles. The minimum atomic E-state index is 0.110. The van der Waals surface area contributed by atoms with Crippen LogP contribution in [-0.4, -0.2) is 11.9 Å². The van der Waals surface area contributed by atoms with Gasteiger partial charge in [0.2, 0.25) is 5.91 Å². The van der Waals surface area contributed by atoms with Crippen LogP contribution in [0, 0.1) is 5.92 Å². The van der Waals surface area contributed by atoms with Gasteiger partial charge < -0.3 is 10.6 Å². The molecule has 1 amide bonds. The molecule has 1 aromatic carbocycles. The van der Waals surface area contributed by atoms with Gasteiger partial charge in [0.1, 0.15) is 0 Å². The average molecular weight is 309 g/mol. The van der Waals surface area contributed by atoms with E-state index in [1.807, 2.05) is 18.2 Å². The Hall–Kier alpha value is -1.03. The number of fused-ring (bicyclic) bond motifs is 2.